The van der Waals surface area contributed by atoms with Crippen molar-refractivity contribution in [2.45, 2.75) is 31.4 Å². The van der Waals surface area contributed by atoms with Crippen molar-refractivity contribution in [1.29, 1.82) is 0 Å². The van der Waals surface area contributed by atoms with Crippen LogP contribution in [0.2, 0.25) is 0 Å². The Kier molecular flexibility index (Phi) is 5.07. The van der Waals surface area contributed by atoms with E-state index >= 15 is 0 Å². The molecule has 2 N–H and O–H groups in total. The van der Waals surface area contributed by atoms with Gasteiger partial charge in [-0.3, -0.25) is 0 Å². The molecule has 3 heterocycles. The molecule has 0 spiro atoms. The molecule has 1 aromatic carbocycles. The van der Waals surface area contributed by atoms with Gasteiger partial charge in [0.05, 0.1) is 12.0 Å². The Balaban J connectivity index is 1.37. The molecule has 0 aliphatic carbocycles. The first-order valence-corrected chi connectivity index (χ1v) is 9.60. The Bertz CT molecular complexity index is 1070. The van der Waals surface area contributed by atoms with Crippen molar-refractivity contribution < 1.29 is 13.7 Å². The molecular weight excluding hydrogens is 378 g/mol. The fourth-order valence-electron chi connectivity index (χ4n) is 2.66. The molecule has 8 nitrogen and oxygen atoms in total. The third-order valence-corrected chi connectivity index (χ3v) is 5.07. The molecule has 3 aromatic heterocycles. The molecule has 0 radical (unpaired) electrons. The lowest BCUT2D eigenvalue weighted by atomic mass is 10.1. The van der Waals surface area contributed by atoms with Gasteiger partial charge in [-0.2, -0.15) is 0 Å². The Morgan fingerprint density at radius 1 is 1.14 bits per heavy atom. The number of nitrogen functional groups attached to an aromatic ring is 1. The first kappa shape index (κ1) is 18.2. The lowest BCUT2D eigenvalue weighted by Crippen LogP contribution is -2.16. The van der Waals surface area contributed by atoms with Crippen molar-refractivity contribution >= 4 is 11.8 Å². The maximum Gasteiger partial charge on any atom is 0.210 e. The molecule has 0 fully saturated rings. The lowest BCUT2D eigenvalue weighted by Gasteiger charge is -2.09. The van der Waals surface area contributed by atoms with Crippen molar-refractivity contribution in [1.82, 2.24) is 20.0 Å². The van der Waals surface area contributed by atoms with Crippen LogP contribution in [0.5, 0.6) is 5.75 Å². The highest BCUT2D eigenvalue weighted by Crippen LogP contribution is 2.25. The minimum Gasteiger partial charge on any atom is -0.485 e. The normalized spacial score (nSPS) is 11.1. The van der Waals surface area contributed by atoms with E-state index < -0.39 is 0 Å². The summed E-state index contributed by atoms with van der Waals surface area (Å²) >= 11 is 1.41. The summed E-state index contributed by atoms with van der Waals surface area (Å²) in [5.74, 6) is 9.21. The van der Waals surface area contributed by atoms with E-state index in [4.69, 9.17) is 19.5 Å². The van der Waals surface area contributed by atoms with Crippen molar-refractivity contribution in [2.24, 2.45) is 0 Å². The summed E-state index contributed by atoms with van der Waals surface area (Å²) < 4.78 is 17.8. The highest BCUT2D eigenvalue weighted by Gasteiger charge is 2.14. The largest absolute Gasteiger partial charge is 0.485 e. The SMILES string of the molecule is Cc1ccc(OCc2nnc(SCc3cc(-c4ccco4)on3)n2N)c(C)c1. The molecule has 28 heavy (non-hydrogen) atoms. The summed E-state index contributed by atoms with van der Waals surface area (Å²) in [4.78, 5) is 0. The zero-order valence-electron chi connectivity index (χ0n) is 15.5. The molecular formula is C19H19N5O3S. The van der Waals surface area contributed by atoms with Gasteiger partial charge >= 0.3 is 0 Å². The zero-order chi connectivity index (χ0) is 19.5. The molecule has 144 valence electrons. The molecule has 0 saturated heterocycles. The van der Waals surface area contributed by atoms with Crippen LogP contribution >= 0.6 is 11.8 Å². The maximum atomic E-state index is 6.11. The number of furan rings is 1. The number of ether oxygens (including phenoxy) is 1. The number of rotatable bonds is 7. The van der Waals surface area contributed by atoms with E-state index in [1.165, 1.54) is 22.0 Å². The molecule has 0 atom stereocenters. The quantitative estimate of drug-likeness (QED) is 0.371. The van der Waals surface area contributed by atoms with Crippen molar-refractivity contribution in [3.8, 4) is 17.3 Å². The van der Waals surface area contributed by atoms with E-state index in [1.54, 1.807) is 12.3 Å². The summed E-state index contributed by atoms with van der Waals surface area (Å²) in [6, 6.07) is 11.5. The van der Waals surface area contributed by atoms with E-state index in [1.807, 2.05) is 38.1 Å². The van der Waals surface area contributed by atoms with Crippen molar-refractivity contribution in [3.05, 3.63) is 65.3 Å². The molecule has 0 bridgehead atoms. The number of aryl methyl sites for hydroxylation is 2. The molecule has 0 aliphatic rings. The second-order valence-corrected chi connectivity index (χ2v) is 7.22. The van der Waals surface area contributed by atoms with Gasteiger partial charge in [-0.15, -0.1) is 10.2 Å². The summed E-state index contributed by atoms with van der Waals surface area (Å²) in [7, 11) is 0. The number of nitrogens with two attached hydrogens (primary N) is 1. The molecule has 4 aromatic rings. The third-order valence-electron chi connectivity index (χ3n) is 4.09. The number of thioether (sulfide) groups is 1. The average molecular weight is 397 g/mol. The van der Waals surface area contributed by atoms with Gasteiger partial charge in [0.15, 0.2) is 11.6 Å². The van der Waals surface area contributed by atoms with E-state index in [2.05, 4.69) is 21.4 Å². The second-order valence-electron chi connectivity index (χ2n) is 6.27. The van der Waals surface area contributed by atoms with E-state index in [-0.39, 0.29) is 6.61 Å². The fraction of sp³-hybridized carbons (Fsp3) is 0.211. The summed E-state index contributed by atoms with van der Waals surface area (Å²) in [5, 5.41) is 12.9. The first-order chi connectivity index (χ1) is 13.6. The van der Waals surface area contributed by atoms with Gasteiger partial charge in [-0.05, 0) is 37.6 Å². The Hall–Kier alpha value is -3.20. The molecule has 9 heteroatoms. The number of hydrogen-bond acceptors (Lipinski definition) is 8. The standard InChI is InChI=1S/C19H19N5O3S/c1-12-5-6-15(13(2)8-12)26-10-18-21-22-19(24(18)20)28-11-14-9-17(27-23-14)16-4-3-7-25-16/h3-9H,10-11,20H2,1-2H3. The molecule has 0 saturated carbocycles. The average Bonchev–Trinajstić information content (AvgIpc) is 3.41. The molecule has 0 amide bonds. The van der Waals surface area contributed by atoms with Gasteiger partial charge in [-0.25, -0.2) is 4.68 Å². The smallest absolute Gasteiger partial charge is 0.210 e. The van der Waals surface area contributed by atoms with Gasteiger partial charge in [0.1, 0.15) is 12.4 Å². The highest BCUT2D eigenvalue weighted by molar-refractivity contribution is 7.98. The van der Waals surface area contributed by atoms with Gasteiger partial charge in [0.2, 0.25) is 10.9 Å². The Morgan fingerprint density at radius 3 is 2.82 bits per heavy atom. The van der Waals surface area contributed by atoms with Crippen LogP contribution in [0.4, 0.5) is 0 Å². The lowest BCUT2D eigenvalue weighted by molar-refractivity contribution is 0.289. The van der Waals surface area contributed by atoms with Crippen LogP contribution in [-0.2, 0) is 12.4 Å². The summed E-state index contributed by atoms with van der Waals surface area (Å²) in [6.07, 6.45) is 1.59. The van der Waals surface area contributed by atoms with Gasteiger partial charge in [0, 0.05) is 11.8 Å². The second kappa shape index (κ2) is 7.81. The summed E-state index contributed by atoms with van der Waals surface area (Å²) in [6.45, 7) is 4.29. The van der Waals surface area contributed by atoms with Crippen LogP contribution in [0.25, 0.3) is 11.5 Å². The third kappa shape index (κ3) is 3.89. The number of nitrogens with zero attached hydrogens (tertiary/aromatic N) is 4. The van der Waals surface area contributed by atoms with Crippen LogP contribution in [0.3, 0.4) is 0 Å². The van der Waals surface area contributed by atoms with E-state index in [0.29, 0.717) is 28.3 Å². The van der Waals surface area contributed by atoms with Crippen molar-refractivity contribution in [3.63, 3.8) is 0 Å². The van der Waals surface area contributed by atoms with Crippen LogP contribution in [0.1, 0.15) is 22.6 Å². The minimum absolute atomic E-state index is 0.237. The van der Waals surface area contributed by atoms with Crippen molar-refractivity contribution in [2.75, 3.05) is 5.84 Å². The Labute approximate surface area is 165 Å². The number of hydrogen-bond donors (Lipinski definition) is 1. The van der Waals surface area contributed by atoms with Crippen LogP contribution in [-0.4, -0.2) is 20.0 Å². The predicted octanol–water partition coefficient (Wildman–Crippen LogP) is 3.73. The molecule has 0 aliphatic heterocycles. The maximum absolute atomic E-state index is 6.11. The first-order valence-electron chi connectivity index (χ1n) is 8.62. The van der Waals surface area contributed by atoms with Crippen LogP contribution < -0.4 is 10.6 Å². The minimum atomic E-state index is 0.237. The van der Waals surface area contributed by atoms with Gasteiger partial charge < -0.3 is 19.5 Å². The molecule has 4 rings (SSSR count). The van der Waals surface area contributed by atoms with E-state index in [9.17, 15) is 0 Å². The monoisotopic (exact) mass is 397 g/mol. The van der Waals surface area contributed by atoms with Crippen LogP contribution in [0.15, 0.2) is 56.8 Å². The van der Waals surface area contributed by atoms with E-state index in [0.717, 1.165) is 17.0 Å². The molecule has 0 unspecified atom stereocenters. The highest BCUT2D eigenvalue weighted by atomic mass is 32.2. The number of aromatic nitrogens is 4. The fourth-order valence-corrected chi connectivity index (χ4v) is 3.42. The van der Waals surface area contributed by atoms with Gasteiger partial charge in [0.25, 0.3) is 0 Å². The van der Waals surface area contributed by atoms with Gasteiger partial charge in [-0.1, -0.05) is 34.6 Å². The Morgan fingerprint density at radius 2 is 2.04 bits per heavy atom. The van der Waals surface area contributed by atoms with Crippen LogP contribution in [0, 0.1) is 13.8 Å². The predicted molar refractivity (Wildman–Crippen MR) is 104 cm³/mol. The number of benzene rings is 1. The zero-order valence-corrected chi connectivity index (χ0v) is 16.3. The summed E-state index contributed by atoms with van der Waals surface area (Å²) in [5.41, 5.74) is 3.01. The topological polar surface area (TPSA) is 105 Å².